The Balaban J connectivity index is 2.33. The number of hydrogen-bond acceptors (Lipinski definition) is 3. The summed E-state index contributed by atoms with van der Waals surface area (Å²) in [5.41, 5.74) is 0.767. The highest BCUT2D eigenvalue weighted by Crippen LogP contribution is 2.42. The molecule has 0 aliphatic carbocycles. The standard InChI is InChI=1S/C18H27NO2/c1-14-13-19(17(3,4)5)12-11-18(14,21-15(2)20)16-9-7-6-8-10-16/h6-10,14H,11-13H2,1-5H3/t14-,18+/m0/s1. The van der Waals surface area contributed by atoms with Gasteiger partial charge in [0.05, 0.1) is 0 Å². The Morgan fingerprint density at radius 1 is 1.29 bits per heavy atom. The number of ether oxygens (including phenoxy) is 1. The van der Waals surface area contributed by atoms with Gasteiger partial charge in [0.25, 0.3) is 0 Å². The smallest absolute Gasteiger partial charge is 0.303 e. The van der Waals surface area contributed by atoms with Crippen molar-refractivity contribution in [3.05, 3.63) is 35.9 Å². The molecule has 0 radical (unpaired) electrons. The van der Waals surface area contributed by atoms with Gasteiger partial charge in [0.2, 0.25) is 0 Å². The highest BCUT2D eigenvalue weighted by atomic mass is 16.6. The Hall–Kier alpha value is -1.35. The van der Waals surface area contributed by atoms with E-state index < -0.39 is 5.60 Å². The molecule has 1 fully saturated rings. The Labute approximate surface area is 128 Å². The maximum absolute atomic E-state index is 11.7. The van der Waals surface area contributed by atoms with Crippen molar-refractivity contribution in [1.82, 2.24) is 4.90 Å². The quantitative estimate of drug-likeness (QED) is 0.779. The minimum Gasteiger partial charge on any atom is -0.454 e. The van der Waals surface area contributed by atoms with Crippen molar-refractivity contribution < 1.29 is 9.53 Å². The van der Waals surface area contributed by atoms with E-state index in [1.54, 1.807) is 0 Å². The van der Waals surface area contributed by atoms with Crippen molar-refractivity contribution in [2.24, 2.45) is 5.92 Å². The molecule has 116 valence electrons. The number of rotatable bonds is 2. The van der Waals surface area contributed by atoms with Gasteiger partial charge in [0.1, 0.15) is 5.60 Å². The zero-order valence-electron chi connectivity index (χ0n) is 13.8. The van der Waals surface area contributed by atoms with Crippen LogP contribution < -0.4 is 0 Å². The Morgan fingerprint density at radius 3 is 2.38 bits per heavy atom. The first kappa shape index (κ1) is 16.0. The lowest BCUT2D eigenvalue weighted by Crippen LogP contribution is -2.55. The number of hydrogen-bond donors (Lipinski definition) is 0. The number of carbonyl (C=O) groups is 1. The van der Waals surface area contributed by atoms with Crippen LogP contribution in [0.5, 0.6) is 0 Å². The van der Waals surface area contributed by atoms with Crippen LogP contribution in [0.4, 0.5) is 0 Å². The van der Waals surface area contributed by atoms with E-state index in [4.69, 9.17) is 4.74 Å². The zero-order valence-corrected chi connectivity index (χ0v) is 13.8. The van der Waals surface area contributed by atoms with E-state index in [-0.39, 0.29) is 17.4 Å². The maximum Gasteiger partial charge on any atom is 0.303 e. The summed E-state index contributed by atoms with van der Waals surface area (Å²) in [5.74, 6) is 0.0617. The van der Waals surface area contributed by atoms with Crippen LogP contribution in [0.1, 0.15) is 46.6 Å². The highest BCUT2D eigenvalue weighted by molar-refractivity contribution is 5.67. The van der Waals surface area contributed by atoms with Crippen molar-refractivity contribution in [2.45, 2.75) is 52.2 Å². The normalized spacial score (nSPS) is 27.4. The molecule has 0 unspecified atom stereocenters. The van der Waals surface area contributed by atoms with Gasteiger partial charge < -0.3 is 4.74 Å². The molecule has 0 aromatic heterocycles. The summed E-state index contributed by atoms with van der Waals surface area (Å²) in [5, 5.41) is 0. The van der Waals surface area contributed by atoms with E-state index in [2.05, 4.69) is 44.7 Å². The van der Waals surface area contributed by atoms with E-state index >= 15 is 0 Å². The summed E-state index contributed by atoms with van der Waals surface area (Å²) in [6.45, 7) is 12.3. The molecule has 0 saturated carbocycles. The summed E-state index contributed by atoms with van der Waals surface area (Å²) >= 11 is 0. The molecule has 2 rings (SSSR count). The summed E-state index contributed by atoms with van der Waals surface area (Å²) in [6.07, 6.45) is 0.842. The molecule has 2 atom stereocenters. The second kappa shape index (κ2) is 5.80. The Morgan fingerprint density at radius 2 is 1.90 bits per heavy atom. The number of likely N-dealkylation sites (tertiary alicyclic amines) is 1. The molecular formula is C18H27NO2. The van der Waals surface area contributed by atoms with E-state index in [9.17, 15) is 4.79 Å². The van der Waals surface area contributed by atoms with Crippen LogP contribution in [0.15, 0.2) is 30.3 Å². The van der Waals surface area contributed by atoms with Gasteiger partial charge in [-0.15, -0.1) is 0 Å². The van der Waals surface area contributed by atoms with Crippen LogP contribution in [-0.4, -0.2) is 29.5 Å². The molecule has 1 aliphatic heterocycles. The van der Waals surface area contributed by atoms with Crippen molar-refractivity contribution in [3.63, 3.8) is 0 Å². The highest BCUT2D eigenvalue weighted by Gasteiger charge is 2.46. The lowest BCUT2D eigenvalue weighted by atomic mass is 9.75. The number of nitrogens with zero attached hydrogens (tertiary/aromatic N) is 1. The first-order valence-corrected chi connectivity index (χ1v) is 7.76. The van der Waals surface area contributed by atoms with Crippen LogP contribution >= 0.6 is 0 Å². The first-order chi connectivity index (χ1) is 9.75. The van der Waals surface area contributed by atoms with Crippen LogP contribution in [-0.2, 0) is 15.1 Å². The van der Waals surface area contributed by atoms with Crippen LogP contribution in [0, 0.1) is 5.92 Å². The predicted octanol–water partition coefficient (Wildman–Crippen LogP) is 3.59. The molecule has 1 saturated heterocycles. The van der Waals surface area contributed by atoms with Gasteiger partial charge in [0.15, 0.2) is 0 Å². The van der Waals surface area contributed by atoms with Crippen molar-refractivity contribution in [1.29, 1.82) is 0 Å². The molecule has 0 amide bonds. The number of esters is 1. The first-order valence-electron chi connectivity index (χ1n) is 7.76. The summed E-state index contributed by atoms with van der Waals surface area (Å²) < 4.78 is 5.87. The van der Waals surface area contributed by atoms with Crippen molar-refractivity contribution in [2.75, 3.05) is 13.1 Å². The predicted molar refractivity (Wildman–Crippen MR) is 85.0 cm³/mol. The fourth-order valence-corrected chi connectivity index (χ4v) is 3.34. The average molecular weight is 289 g/mol. The van der Waals surface area contributed by atoms with Crippen LogP contribution in [0.25, 0.3) is 0 Å². The minimum atomic E-state index is -0.491. The SMILES string of the molecule is CC(=O)O[C@]1(c2ccccc2)CCN(C(C)(C)C)C[C@@H]1C. The molecule has 21 heavy (non-hydrogen) atoms. The fourth-order valence-electron chi connectivity index (χ4n) is 3.34. The zero-order chi connectivity index (χ0) is 15.7. The largest absolute Gasteiger partial charge is 0.454 e. The second-order valence-corrected chi connectivity index (χ2v) is 7.12. The van der Waals surface area contributed by atoms with Crippen LogP contribution in [0.2, 0.25) is 0 Å². The topological polar surface area (TPSA) is 29.5 Å². The summed E-state index contributed by atoms with van der Waals surface area (Å²) in [4.78, 5) is 14.2. The molecule has 1 heterocycles. The third-order valence-corrected chi connectivity index (χ3v) is 4.58. The number of piperidine rings is 1. The van der Waals surface area contributed by atoms with Gasteiger partial charge >= 0.3 is 5.97 Å². The van der Waals surface area contributed by atoms with E-state index in [0.717, 1.165) is 25.1 Å². The van der Waals surface area contributed by atoms with E-state index in [0.29, 0.717) is 0 Å². The van der Waals surface area contributed by atoms with Gasteiger partial charge in [-0.25, -0.2) is 0 Å². The third kappa shape index (κ3) is 3.29. The fraction of sp³-hybridized carbons (Fsp3) is 0.611. The second-order valence-electron chi connectivity index (χ2n) is 7.12. The van der Waals surface area contributed by atoms with Crippen molar-refractivity contribution in [3.8, 4) is 0 Å². The molecule has 1 aromatic rings. The molecular weight excluding hydrogens is 262 g/mol. The number of benzene rings is 1. The molecule has 0 spiro atoms. The van der Waals surface area contributed by atoms with Crippen LogP contribution in [0.3, 0.4) is 0 Å². The maximum atomic E-state index is 11.7. The molecule has 0 bridgehead atoms. The lowest BCUT2D eigenvalue weighted by Gasteiger charge is -2.49. The molecule has 3 heteroatoms. The number of carbonyl (C=O) groups excluding carboxylic acids is 1. The van der Waals surface area contributed by atoms with Crippen molar-refractivity contribution >= 4 is 5.97 Å². The van der Waals surface area contributed by atoms with Gasteiger partial charge in [-0.05, 0) is 26.3 Å². The van der Waals surface area contributed by atoms with Gasteiger partial charge in [-0.1, -0.05) is 37.3 Å². The van der Waals surface area contributed by atoms with E-state index in [1.165, 1.54) is 6.92 Å². The summed E-state index contributed by atoms with van der Waals surface area (Å²) in [6, 6.07) is 10.2. The minimum absolute atomic E-state index is 0.146. The monoisotopic (exact) mass is 289 g/mol. The average Bonchev–Trinajstić information content (AvgIpc) is 2.40. The molecule has 3 nitrogen and oxygen atoms in total. The third-order valence-electron chi connectivity index (χ3n) is 4.58. The lowest BCUT2D eigenvalue weighted by molar-refractivity contribution is -0.175. The van der Waals surface area contributed by atoms with E-state index in [1.807, 2.05) is 18.2 Å². The summed E-state index contributed by atoms with van der Waals surface area (Å²) in [7, 11) is 0. The molecule has 1 aliphatic rings. The van der Waals surface area contributed by atoms with Gasteiger partial charge in [-0.3, -0.25) is 9.69 Å². The van der Waals surface area contributed by atoms with Gasteiger partial charge in [0, 0.05) is 37.9 Å². The molecule has 0 N–H and O–H groups in total. The molecule has 1 aromatic carbocycles. The Bertz CT molecular complexity index is 492. The van der Waals surface area contributed by atoms with Gasteiger partial charge in [-0.2, -0.15) is 0 Å². The Kier molecular flexibility index (Phi) is 4.43.